The molecule has 29 heavy (non-hydrogen) atoms. The number of hydrogen-bond donors (Lipinski definition) is 1. The molecule has 2 aromatic rings. The van der Waals surface area contributed by atoms with E-state index in [0.717, 1.165) is 11.6 Å². The molecule has 2 rings (SSSR count). The van der Waals surface area contributed by atoms with Crippen molar-refractivity contribution < 1.29 is 23.5 Å². The summed E-state index contributed by atoms with van der Waals surface area (Å²) in [4.78, 5) is 38.2. The number of ether oxygens (including phenoxy) is 1. The lowest BCUT2D eigenvalue weighted by Gasteiger charge is -2.21. The normalized spacial score (nSPS) is 10.3. The second-order valence-corrected chi connectivity index (χ2v) is 6.72. The van der Waals surface area contributed by atoms with Crippen LogP contribution in [0.5, 0.6) is 0 Å². The van der Waals surface area contributed by atoms with Crippen molar-refractivity contribution in [2.24, 2.45) is 0 Å². The lowest BCUT2D eigenvalue weighted by atomic mass is 10.1. The lowest BCUT2D eigenvalue weighted by Crippen LogP contribution is -2.40. The molecule has 0 saturated heterocycles. The van der Waals surface area contributed by atoms with Gasteiger partial charge in [0, 0.05) is 12.2 Å². The number of rotatable bonds is 8. The number of anilines is 1. The van der Waals surface area contributed by atoms with E-state index in [0.29, 0.717) is 24.2 Å². The molecular formula is C22H25FN2O4. The van der Waals surface area contributed by atoms with Gasteiger partial charge in [-0.1, -0.05) is 31.2 Å². The molecule has 0 unspecified atom stereocenters. The molecule has 2 aromatic carbocycles. The van der Waals surface area contributed by atoms with E-state index in [4.69, 9.17) is 4.74 Å². The average Bonchev–Trinajstić information content (AvgIpc) is 2.69. The molecule has 154 valence electrons. The summed E-state index contributed by atoms with van der Waals surface area (Å²) in [5.74, 6) is -2.15. The number of halogens is 1. The number of carbonyl (C=O) groups is 3. The van der Waals surface area contributed by atoms with Crippen molar-refractivity contribution >= 4 is 23.5 Å². The van der Waals surface area contributed by atoms with E-state index >= 15 is 0 Å². The monoisotopic (exact) mass is 400 g/mol. The topological polar surface area (TPSA) is 75.7 Å². The Morgan fingerprint density at radius 2 is 1.79 bits per heavy atom. The molecule has 0 aliphatic carbocycles. The van der Waals surface area contributed by atoms with Crippen LogP contribution in [-0.2, 0) is 14.3 Å². The minimum absolute atomic E-state index is 0.0280. The zero-order chi connectivity index (χ0) is 21.4. The molecule has 1 N–H and O–H groups in total. The van der Waals surface area contributed by atoms with Gasteiger partial charge in [0.1, 0.15) is 5.82 Å². The lowest BCUT2D eigenvalue weighted by molar-refractivity contribution is -0.137. The van der Waals surface area contributed by atoms with Crippen LogP contribution in [0.4, 0.5) is 10.1 Å². The molecule has 6 nitrogen and oxygen atoms in total. The van der Waals surface area contributed by atoms with Crippen molar-refractivity contribution in [2.45, 2.75) is 27.2 Å². The van der Waals surface area contributed by atoms with Crippen LogP contribution in [0.25, 0.3) is 0 Å². The van der Waals surface area contributed by atoms with Crippen LogP contribution in [0.15, 0.2) is 42.5 Å². The molecule has 2 amide bonds. The van der Waals surface area contributed by atoms with E-state index in [2.05, 4.69) is 5.32 Å². The Labute approximate surface area is 169 Å². The van der Waals surface area contributed by atoms with Crippen molar-refractivity contribution in [1.29, 1.82) is 0 Å². The number of benzene rings is 2. The molecule has 0 spiro atoms. The summed E-state index contributed by atoms with van der Waals surface area (Å²) in [7, 11) is 0. The first kappa shape index (κ1) is 22.1. The maximum absolute atomic E-state index is 13.6. The summed E-state index contributed by atoms with van der Waals surface area (Å²) in [5.41, 5.74) is 2.02. The Balaban J connectivity index is 1.94. The van der Waals surface area contributed by atoms with Gasteiger partial charge in [-0.3, -0.25) is 9.59 Å². The highest BCUT2D eigenvalue weighted by molar-refractivity contribution is 5.96. The fourth-order valence-electron chi connectivity index (χ4n) is 2.66. The Hall–Kier alpha value is -3.22. The molecule has 7 heteroatoms. The number of hydrogen-bond acceptors (Lipinski definition) is 4. The number of amides is 2. The van der Waals surface area contributed by atoms with Crippen LogP contribution in [0.2, 0.25) is 0 Å². The fraction of sp³-hybridized carbons (Fsp3) is 0.318. The maximum atomic E-state index is 13.6. The van der Waals surface area contributed by atoms with Gasteiger partial charge in [-0.15, -0.1) is 0 Å². The summed E-state index contributed by atoms with van der Waals surface area (Å²) in [6, 6.07) is 11.3. The molecule has 0 heterocycles. The number of nitrogens with zero attached hydrogens (tertiary/aromatic N) is 1. The van der Waals surface area contributed by atoms with Crippen LogP contribution in [0.1, 0.15) is 34.8 Å². The number of aryl methyl sites for hydroxylation is 2. The summed E-state index contributed by atoms with van der Waals surface area (Å²) in [5, 5.41) is 2.77. The highest BCUT2D eigenvalue weighted by Gasteiger charge is 2.19. The van der Waals surface area contributed by atoms with Gasteiger partial charge in [-0.25, -0.2) is 9.18 Å². The van der Waals surface area contributed by atoms with Gasteiger partial charge in [0.2, 0.25) is 5.91 Å². The Morgan fingerprint density at radius 3 is 2.45 bits per heavy atom. The van der Waals surface area contributed by atoms with Gasteiger partial charge in [0.25, 0.3) is 5.91 Å². The van der Waals surface area contributed by atoms with Crippen molar-refractivity contribution in [2.75, 3.05) is 25.0 Å². The number of carbonyl (C=O) groups excluding carboxylic acids is 3. The van der Waals surface area contributed by atoms with E-state index in [1.807, 2.05) is 32.0 Å². The molecule has 0 aliphatic heterocycles. The van der Waals surface area contributed by atoms with E-state index in [-0.39, 0.29) is 18.0 Å². The van der Waals surface area contributed by atoms with E-state index in [9.17, 15) is 18.8 Å². The SMILES string of the molecule is CCCN(CC(=O)Nc1ccccc1C)C(=O)COC(=O)c1ccc(C)c(F)c1. The molecule has 0 saturated carbocycles. The van der Waals surface area contributed by atoms with Crippen molar-refractivity contribution in [3.05, 3.63) is 65.0 Å². The third-order valence-electron chi connectivity index (χ3n) is 4.33. The molecule has 0 bridgehead atoms. The predicted molar refractivity (Wildman–Crippen MR) is 108 cm³/mol. The molecule has 0 aliphatic rings. The summed E-state index contributed by atoms with van der Waals surface area (Å²) < 4.78 is 18.6. The third-order valence-corrected chi connectivity index (χ3v) is 4.33. The van der Waals surface area contributed by atoms with Crippen molar-refractivity contribution in [3.8, 4) is 0 Å². The minimum Gasteiger partial charge on any atom is -0.452 e. The predicted octanol–water partition coefficient (Wildman–Crippen LogP) is 3.48. The van der Waals surface area contributed by atoms with E-state index in [1.54, 1.807) is 13.0 Å². The zero-order valence-electron chi connectivity index (χ0n) is 16.8. The summed E-state index contributed by atoms with van der Waals surface area (Å²) in [6.07, 6.45) is 0.639. The molecular weight excluding hydrogens is 375 g/mol. The highest BCUT2D eigenvalue weighted by atomic mass is 19.1. The highest BCUT2D eigenvalue weighted by Crippen LogP contribution is 2.13. The molecule has 0 radical (unpaired) electrons. The first-order valence-electron chi connectivity index (χ1n) is 9.38. The van der Waals surface area contributed by atoms with Crippen molar-refractivity contribution in [1.82, 2.24) is 4.90 Å². The van der Waals surface area contributed by atoms with Gasteiger partial charge in [-0.2, -0.15) is 0 Å². The Morgan fingerprint density at radius 1 is 1.07 bits per heavy atom. The quantitative estimate of drug-likeness (QED) is 0.689. The Kier molecular flexibility index (Phi) is 7.88. The second kappa shape index (κ2) is 10.4. The molecule has 0 fully saturated rings. The number of nitrogens with one attached hydrogen (secondary N) is 1. The number of para-hydroxylation sites is 1. The summed E-state index contributed by atoms with van der Waals surface area (Å²) in [6.45, 7) is 5.00. The van der Waals surface area contributed by atoms with Crippen molar-refractivity contribution in [3.63, 3.8) is 0 Å². The fourth-order valence-corrected chi connectivity index (χ4v) is 2.66. The first-order valence-corrected chi connectivity index (χ1v) is 9.38. The smallest absolute Gasteiger partial charge is 0.338 e. The maximum Gasteiger partial charge on any atom is 0.338 e. The molecule has 0 atom stereocenters. The van der Waals surface area contributed by atoms with Gasteiger partial charge in [-0.05, 0) is 49.6 Å². The Bertz CT molecular complexity index is 898. The average molecular weight is 400 g/mol. The summed E-state index contributed by atoms with van der Waals surface area (Å²) >= 11 is 0. The van der Waals surface area contributed by atoms with E-state index < -0.39 is 24.3 Å². The number of esters is 1. The van der Waals surface area contributed by atoms with E-state index in [1.165, 1.54) is 17.0 Å². The van der Waals surface area contributed by atoms with Crippen LogP contribution < -0.4 is 5.32 Å². The van der Waals surface area contributed by atoms with Gasteiger partial charge in [0.05, 0.1) is 12.1 Å². The standard InChI is InChI=1S/C22H25FN2O4/c1-4-11-25(13-20(26)24-19-8-6-5-7-16(19)3)21(27)14-29-22(28)17-10-9-15(2)18(23)12-17/h5-10,12H,4,11,13-14H2,1-3H3,(H,24,26). The zero-order valence-corrected chi connectivity index (χ0v) is 16.8. The van der Waals surface area contributed by atoms with Gasteiger partial charge < -0.3 is 15.0 Å². The van der Waals surface area contributed by atoms with Crippen LogP contribution in [0, 0.1) is 19.7 Å². The van der Waals surface area contributed by atoms with Gasteiger partial charge in [0.15, 0.2) is 6.61 Å². The largest absolute Gasteiger partial charge is 0.452 e. The first-order chi connectivity index (χ1) is 13.8. The van der Waals surface area contributed by atoms with Crippen LogP contribution in [0.3, 0.4) is 0 Å². The van der Waals surface area contributed by atoms with Crippen LogP contribution >= 0.6 is 0 Å². The van der Waals surface area contributed by atoms with Gasteiger partial charge >= 0.3 is 5.97 Å². The minimum atomic E-state index is -0.793. The second-order valence-electron chi connectivity index (χ2n) is 6.72. The third kappa shape index (κ3) is 6.41. The molecule has 0 aromatic heterocycles. The van der Waals surface area contributed by atoms with Crippen LogP contribution in [-0.4, -0.2) is 42.4 Å².